The van der Waals surface area contributed by atoms with Gasteiger partial charge < -0.3 is 4.74 Å². The first-order valence-electron chi connectivity index (χ1n) is 11.1. The minimum Gasteiger partial charge on any atom is -0.461 e. The summed E-state index contributed by atoms with van der Waals surface area (Å²) in [7, 11) is 2.04. The third-order valence-electron chi connectivity index (χ3n) is 5.57. The van der Waals surface area contributed by atoms with Gasteiger partial charge >= 0.3 is 5.97 Å². The SMILES string of the molecule is CCCCCCCCCCCCC(CCC)OC(=O)[C@H]1CCCN1C. The lowest BCUT2D eigenvalue weighted by Gasteiger charge is -2.23. The Morgan fingerprint density at radius 1 is 0.920 bits per heavy atom. The van der Waals surface area contributed by atoms with Crippen LogP contribution in [0.3, 0.4) is 0 Å². The van der Waals surface area contributed by atoms with E-state index in [1.165, 1.54) is 64.2 Å². The van der Waals surface area contributed by atoms with Crippen molar-refractivity contribution >= 4 is 5.97 Å². The van der Waals surface area contributed by atoms with Crippen molar-refractivity contribution in [1.29, 1.82) is 0 Å². The molecule has 25 heavy (non-hydrogen) atoms. The number of rotatable bonds is 15. The highest BCUT2D eigenvalue weighted by molar-refractivity contribution is 5.76. The summed E-state index contributed by atoms with van der Waals surface area (Å²) in [5.74, 6) is 0.0190. The van der Waals surface area contributed by atoms with Crippen LogP contribution in [0, 0.1) is 0 Å². The number of likely N-dealkylation sites (N-methyl/N-ethyl adjacent to an activating group) is 1. The van der Waals surface area contributed by atoms with Gasteiger partial charge in [0.05, 0.1) is 0 Å². The number of hydrogen-bond donors (Lipinski definition) is 0. The minimum absolute atomic E-state index is 0.00654. The molecular formula is C22H43NO2. The molecule has 0 aromatic carbocycles. The highest BCUT2D eigenvalue weighted by atomic mass is 16.5. The zero-order chi connectivity index (χ0) is 18.3. The van der Waals surface area contributed by atoms with Gasteiger partial charge in [-0.15, -0.1) is 0 Å². The first-order chi connectivity index (χ1) is 12.2. The Morgan fingerprint density at radius 2 is 1.52 bits per heavy atom. The first-order valence-corrected chi connectivity index (χ1v) is 11.1. The van der Waals surface area contributed by atoms with E-state index in [0.29, 0.717) is 0 Å². The molecule has 0 aromatic heterocycles. The van der Waals surface area contributed by atoms with Gasteiger partial charge in [0.15, 0.2) is 0 Å². The van der Waals surface area contributed by atoms with Crippen molar-refractivity contribution in [1.82, 2.24) is 4.90 Å². The molecule has 0 aromatic rings. The summed E-state index contributed by atoms with van der Waals surface area (Å²) >= 11 is 0. The molecule has 1 saturated heterocycles. The normalized spacial score (nSPS) is 19.2. The van der Waals surface area contributed by atoms with E-state index in [1.54, 1.807) is 0 Å². The van der Waals surface area contributed by atoms with Gasteiger partial charge in [-0.3, -0.25) is 9.69 Å². The Balaban J connectivity index is 2.07. The van der Waals surface area contributed by atoms with Crippen LogP contribution in [-0.4, -0.2) is 36.6 Å². The zero-order valence-corrected chi connectivity index (χ0v) is 17.2. The maximum Gasteiger partial charge on any atom is 0.323 e. The van der Waals surface area contributed by atoms with E-state index >= 15 is 0 Å². The second kappa shape index (κ2) is 14.6. The molecule has 1 unspecified atom stereocenters. The molecule has 148 valence electrons. The van der Waals surface area contributed by atoms with Gasteiger partial charge in [0.2, 0.25) is 0 Å². The molecule has 0 bridgehead atoms. The van der Waals surface area contributed by atoms with Crippen LogP contribution < -0.4 is 0 Å². The van der Waals surface area contributed by atoms with Gasteiger partial charge in [-0.25, -0.2) is 0 Å². The summed E-state index contributed by atoms with van der Waals surface area (Å²) in [6, 6.07) is 0.00654. The van der Waals surface area contributed by atoms with Crippen molar-refractivity contribution in [3.8, 4) is 0 Å². The summed E-state index contributed by atoms with van der Waals surface area (Å²) < 4.78 is 5.85. The predicted octanol–water partition coefficient (Wildman–Crippen LogP) is 6.10. The lowest BCUT2D eigenvalue weighted by atomic mass is 10.0. The van der Waals surface area contributed by atoms with Gasteiger partial charge in [-0.1, -0.05) is 78.1 Å². The van der Waals surface area contributed by atoms with E-state index in [1.807, 2.05) is 7.05 Å². The molecule has 3 heteroatoms. The number of ether oxygens (including phenoxy) is 1. The number of esters is 1. The van der Waals surface area contributed by atoms with Crippen molar-refractivity contribution in [2.45, 2.75) is 122 Å². The van der Waals surface area contributed by atoms with E-state index in [2.05, 4.69) is 18.7 Å². The van der Waals surface area contributed by atoms with Crippen molar-refractivity contribution < 1.29 is 9.53 Å². The molecule has 0 amide bonds. The van der Waals surface area contributed by atoms with E-state index < -0.39 is 0 Å². The van der Waals surface area contributed by atoms with Crippen molar-refractivity contribution in [2.24, 2.45) is 0 Å². The summed E-state index contributed by atoms with van der Waals surface area (Å²) in [5.41, 5.74) is 0. The Bertz CT molecular complexity index is 332. The van der Waals surface area contributed by atoms with E-state index in [4.69, 9.17) is 4.74 Å². The first kappa shape index (κ1) is 22.5. The highest BCUT2D eigenvalue weighted by Gasteiger charge is 2.30. The number of carbonyl (C=O) groups is 1. The quantitative estimate of drug-likeness (QED) is 0.263. The monoisotopic (exact) mass is 353 g/mol. The fourth-order valence-corrected chi connectivity index (χ4v) is 3.89. The molecule has 1 heterocycles. The second-order valence-corrected chi connectivity index (χ2v) is 7.96. The molecule has 1 rings (SSSR count). The van der Waals surface area contributed by atoms with E-state index in [-0.39, 0.29) is 18.1 Å². The summed E-state index contributed by atoms with van der Waals surface area (Å²) in [5, 5.41) is 0. The Hall–Kier alpha value is -0.570. The van der Waals surface area contributed by atoms with E-state index in [0.717, 1.165) is 38.6 Å². The maximum absolute atomic E-state index is 12.4. The molecular weight excluding hydrogens is 310 g/mol. The number of likely N-dealkylation sites (tertiary alicyclic amines) is 1. The van der Waals surface area contributed by atoms with Gasteiger partial charge in [0.1, 0.15) is 12.1 Å². The van der Waals surface area contributed by atoms with Gasteiger partial charge in [0, 0.05) is 0 Å². The average molecular weight is 354 g/mol. The average Bonchev–Trinajstić information content (AvgIpc) is 3.02. The lowest BCUT2D eigenvalue weighted by molar-refractivity contribution is -0.154. The third kappa shape index (κ3) is 10.2. The molecule has 0 radical (unpaired) electrons. The molecule has 1 aliphatic rings. The maximum atomic E-state index is 12.4. The van der Waals surface area contributed by atoms with Crippen LogP contribution in [0.1, 0.15) is 110 Å². The third-order valence-corrected chi connectivity index (χ3v) is 5.57. The fourth-order valence-electron chi connectivity index (χ4n) is 3.89. The van der Waals surface area contributed by atoms with E-state index in [9.17, 15) is 4.79 Å². The van der Waals surface area contributed by atoms with Crippen molar-refractivity contribution in [3.63, 3.8) is 0 Å². The summed E-state index contributed by atoms with van der Waals surface area (Å²) in [6.07, 6.45) is 18.9. The molecule has 1 fully saturated rings. The Kier molecular flexibility index (Phi) is 13.1. The topological polar surface area (TPSA) is 29.5 Å². The highest BCUT2D eigenvalue weighted by Crippen LogP contribution is 2.20. The van der Waals surface area contributed by atoms with Crippen LogP contribution in [0.25, 0.3) is 0 Å². The fraction of sp³-hybridized carbons (Fsp3) is 0.955. The van der Waals surface area contributed by atoms with Gasteiger partial charge in [-0.2, -0.15) is 0 Å². The van der Waals surface area contributed by atoms with Crippen LogP contribution in [0.2, 0.25) is 0 Å². The summed E-state index contributed by atoms with van der Waals surface area (Å²) in [6.45, 7) is 5.48. The van der Waals surface area contributed by atoms with Crippen LogP contribution in [0.15, 0.2) is 0 Å². The molecule has 0 spiro atoms. The number of carbonyl (C=O) groups excluding carboxylic acids is 1. The van der Waals surface area contributed by atoms with Crippen molar-refractivity contribution in [3.05, 3.63) is 0 Å². The zero-order valence-electron chi connectivity index (χ0n) is 17.2. The van der Waals surface area contributed by atoms with Crippen LogP contribution >= 0.6 is 0 Å². The lowest BCUT2D eigenvalue weighted by Crippen LogP contribution is -2.36. The molecule has 0 N–H and O–H groups in total. The van der Waals surface area contributed by atoms with Crippen LogP contribution in [0.4, 0.5) is 0 Å². The largest absolute Gasteiger partial charge is 0.461 e. The Morgan fingerprint density at radius 3 is 2.04 bits per heavy atom. The second-order valence-electron chi connectivity index (χ2n) is 7.96. The number of nitrogens with zero attached hydrogens (tertiary/aromatic N) is 1. The summed E-state index contributed by atoms with van der Waals surface area (Å²) in [4.78, 5) is 14.5. The molecule has 2 atom stereocenters. The molecule has 0 aliphatic carbocycles. The van der Waals surface area contributed by atoms with Crippen LogP contribution in [-0.2, 0) is 9.53 Å². The van der Waals surface area contributed by atoms with Crippen molar-refractivity contribution in [2.75, 3.05) is 13.6 Å². The molecule has 1 aliphatic heterocycles. The van der Waals surface area contributed by atoms with Crippen LogP contribution in [0.5, 0.6) is 0 Å². The minimum atomic E-state index is 0.00654. The van der Waals surface area contributed by atoms with Gasteiger partial charge in [0.25, 0.3) is 0 Å². The van der Waals surface area contributed by atoms with Gasteiger partial charge in [-0.05, 0) is 45.7 Å². The molecule has 3 nitrogen and oxygen atoms in total. The Labute approximate surface area is 156 Å². The smallest absolute Gasteiger partial charge is 0.323 e. The number of hydrogen-bond acceptors (Lipinski definition) is 3. The predicted molar refractivity (Wildman–Crippen MR) is 107 cm³/mol. The standard InChI is InChI=1S/C22H43NO2/c1-4-6-7-8-9-10-11-12-13-14-17-20(16-5-2)25-22(24)21-18-15-19-23(21)3/h20-21H,4-19H2,1-3H3/t20?,21-/m1/s1. The number of unbranched alkanes of at least 4 members (excludes halogenated alkanes) is 9. The molecule has 0 saturated carbocycles.